The molecule has 0 saturated carbocycles. The Morgan fingerprint density at radius 3 is 2.65 bits per heavy atom. The van der Waals surface area contributed by atoms with E-state index in [1.165, 1.54) is 17.4 Å². The number of amides is 1. The Morgan fingerprint density at radius 2 is 2.00 bits per heavy atom. The molecule has 4 rings (SSSR count). The van der Waals surface area contributed by atoms with E-state index < -0.39 is 11.7 Å². The fraction of sp³-hybridized carbons (Fsp3) is 0.280. The molecule has 34 heavy (non-hydrogen) atoms. The van der Waals surface area contributed by atoms with Crippen LogP contribution in [0, 0.1) is 0 Å². The minimum atomic E-state index is -4.43. The van der Waals surface area contributed by atoms with Gasteiger partial charge in [0.15, 0.2) is 0 Å². The number of alkyl halides is 3. The number of carbonyl (C=O) groups is 1. The van der Waals surface area contributed by atoms with Crippen molar-refractivity contribution in [1.82, 2.24) is 10.3 Å². The maximum Gasteiger partial charge on any atom is 0.416 e. The highest BCUT2D eigenvalue weighted by molar-refractivity contribution is 7.11. The Hall–Kier alpha value is -3.01. The van der Waals surface area contributed by atoms with E-state index in [0.717, 1.165) is 34.7 Å². The number of hydrogen-bond acceptors (Lipinski definition) is 5. The Balaban J connectivity index is 1.48. The van der Waals surface area contributed by atoms with E-state index in [0.29, 0.717) is 35.6 Å². The van der Waals surface area contributed by atoms with E-state index in [4.69, 9.17) is 10.5 Å². The normalized spacial score (nSPS) is 15.0. The van der Waals surface area contributed by atoms with Crippen molar-refractivity contribution in [2.24, 2.45) is 5.73 Å². The number of halogens is 3. The number of nitrogens with one attached hydrogen (secondary N) is 1. The number of ether oxygens (including phenoxy) is 1. The van der Waals surface area contributed by atoms with Crippen molar-refractivity contribution in [3.63, 3.8) is 0 Å². The Morgan fingerprint density at radius 1 is 1.24 bits per heavy atom. The summed E-state index contributed by atoms with van der Waals surface area (Å²) in [6.07, 6.45) is -1.68. The molecule has 2 heterocycles. The van der Waals surface area contributed by atoms with Crippen molar-refractivity contribution >= 4 is 22.8 Å². The van der Waals surface area contributed by atoms with E-state index >= 15 is 0 Å². The van der Waals surface area contributed by atoms with Gasteiger partial charge in [0.1, 0.15) is 10.7 Å². The first kappa shape index (κ1) is 24.1. The molecule has 0 unspecified atom stereocenters. The maximum absolute atomic E-state index is 13.2. The summed E-state index contributed by atoms with van der Waals surface area (Å²) in [4.78, 5) is 17.2. The van der Waals surface area contributed by atoms with Crippen LogP contribution in [0.5, 0.6) is 0 Å². The molecule has 1 aromatic heterocycles. The molecule has 5 nitrogen and oxygen atoms in total. The topological polar surface area (TPSA) is 77.2 Å². The average molecular weight is 488 g/mol. The van der Waals surface area contributed by atoms with Gasteiger partial charge in [0, 0.05) is 11.9 Å². The minimum Gasteiger partial charge on any atom is -0.377 e. The van der Waals surface area contributed by atoms with Crippen molar-refractivity contribution in [3.8, 4) is 11.1 Å². The largest absolute Gasteiger partial charge is 0.416 e. The van der Waals surface area contributed by atoms with Crippen molar-refractivity contribution in [1.29, 1.82) is 0 Å². The first-order chi connectivity index (χ1) is 16.3. The molecule has 0 fully saturated rings. The lowest BCUT2D eigenvalue weighted by molar-refractivity contribution is -0.137. The van der Waals surface area contributed by atoms with E-state index in [-0.39, 0.29) is 18.5 Å². The predicted octanol–water partition coefficient (Wildman–Crippen LogP) is 5.58. The number of nitrogens with two attached hydrogens (primary N) is 1. The molecule has 1 amide bonds. The second kappa shape index (κ2) is 10.1. The average Bonchev–Trinajstić information content (AvgIpc) is 3.34. The number of thiazole rings is 1. The maximum atomic E-state index is 13.2. The van der Waals surface area contributed by atoms with E-state index in [9.17, 15) is 18.0 Å². The van der Waals surface area contributed by atoms with Crippen LogP contribution < -0.4 is 11.1 Å². The van der Waals surface area contributed by atoms with E-state index in [2.05, 4.69) is 10.3 Å². The molecule has 9 heteroatoms. The summed E-state index contributed by atoms with van der Waals surface area (Å²) >= 11 is 1.43. The summed E-state index contributed by atoms with van der Waals surface area (Å²) < 4.78 is 44.8. The number of rotatable bonds is 6. The summed E-state index contributed by atoms with van der Waals surface area (Å²) in [6.45, 7) is 3.17. The number of hydrogen-bond donors (Lipinski definition) is 2. The summed E-state index contributed by atoms with van der Waals surface area (Å²) in [5.74, 6) is -0.282. The zero-order valence-electron chi connectivity index (χ0n) is 18.5. The molecular weight excluding hydrogens is 463 g/mol. The molecule has 1 atom stereocenters. The van der Waals surface area contributed by atoms with Crippen LogP contribution in [0.15, 0.2) is 53.9 Å². The fourth-order valence-corrected chi connectivity index (χ4v) is 4.62. The van der Waals surface area contributed by atoms with Crippen molar-refractivity contribution < 1.29 is 22.7 Å². The van der Waals surface area contributed by atoms with Gasteiger partial charge in [0.05, 0.1) is 24.8 Å². The van der Waals surface area contributed by atoms with Gasteiger partial charge in [-0.05, 0) is 53.3 Å². The van der Waals surface area contributed by atoms with Crippen LogP contribution in [0.2, 0.25) is 0 Å². The minimum absolute atomic E-state index is 0.126. The third kappa shape index (κ3) is 5.38. The van der Waals surface area contributed by atoms with Crippen LogP contribution in [-0.2, 0) is 17.5 Å². The fourth-order valence-electron chi connectivity index (χ4n) is 3.75. The monoisotopic (exact) mass is 487 g/mol. The molecule has 0 aliphatic carbocycles. The van der Waals surface area contributed by atoms with Crippen molar-refractivity contribution in [2.75, 3.05) is 13.2 Å². The van der Waals surface area contributed by atoms with Gasteiger partial charge in [-0.15, -0.1) is 11.3 Å². The predicted molar refractivity (Wildman–Crippen MR) is 126 cm³/mol. The number of benzene rings is 2. The third-order valence-electron chi connectivity index (χ3n) is 5.70. The molecule has 0 spiro atoms. The zero-order chi connectivity index (χ0) is 24.3. The van der Waals surface area contributed by atoms with Gasteiger partial charge < -0.3 is 15.8 Å². The van der Waals surface area contributed by atoms with Crippen LogP contribution in [0.1, 0.15) is 51.6 Å². The molecule has 3 aromatic rings. The number of nitrogens with zero attached hydrogens (tertiary/aromatic N) is 1. The highest BCUT2D eigenvalue weighted by Gasteiger charge is 2.31. The molecule has 1 aliphatic rings. The molecule has 3 N–H and O–H groups in total. The Labute approximate surface area is 199 Å². The zero-order valence-corrected chi connectivity index (χ0v) is 19.3. The van der Waals surface area contributed by atoms with Gasteiger partial charge in [0.25, 0.3) is 5.91 Å². The molecule has 2 aromatic carbocycles. The van der Waals surface area contributed by atoms with Crippen LogP contribution in [-0.4, -0.2) is 24.1 Å². The molecule has 178 valence electrons. The van der Waals surface area contributed by atoms with E-state index in [1.54, 1.807) is 29.6 Å². The quantitative estimate of drug-likeness (QED) is 0.476. The molecule has 1 aliphatic heterocycles. The van der Waals surface area contributed by atoms with Gasteiger partial charge in [-0.1, -0.05) is 36.4 Å². The van der Waals surface area contributed by atoms with Gasteiger partial charge in [0.2, 0.25) is 0 Å². The van der Waals surface area contributed by atoms with Crippen molar-refractivity contribution in [3.05, 3.63) is 81.3 Å². The van der Waals surface area contributed by atoms with Gasteiger partial charge in [-0.25, -0.2) is 4.98 Å². The molecule has 0 radical (unpaired) electrons. The standard InChI is InChI=1S/C25H24F3N3O2S/c1-15(30-23(32)22-14-34-24(31-22)18-8-10-33-11-9-18)16-2-4-17(5-3-16)21-12-20(25(26,27)28)7-6-19(21)13-29/h2-8,12,14-15H,9-11,13,29H2,1H3,(H,30,32)/t15-/m1/s1. The highest BCUT2D eigenvalue weighted by Crippen LogP contribution is 2.34. The summed E-state index contributed by atoms with van der Waals surface area (Å²) in [7, 11) is 0. The smallest absolute Gasteiger partial charge is 0.377 e. The van der Waals surface area contributed by atoms with Crippen molar-refractivity contribution in [2.45, 2.75) is 32.1 Å². The van der Waals surface area contributed by atoms with Gasteiger partial charge in [-0.2, -0.15) is 13.2 Å². The van der Waals surface area contributed by atoms with Crippen LogP contribution >= 0.6 is 11.3 Å². The SMILES string of the molecule is C[C@@H](NC(=O)c1csc(C2=CCOCC2)n1)c1ccc(-c2cc(C(F)(F)F)ccc2CN)cc1. The lowest BCUT2D eigenvalue weighted by Gasteiger charge is -2.16. The van der Waals surface area contributed by atoms with E-state index in [1.807, 2.05) is 13.0 Å². The summed E-state index contributed by atoms with van der Waals surface area (Å²) in [5, 5.41) is 5.49. The number of carbonyl (C=O) groups excluding carboxylic acids is 1. The summed E-state index contributed by atoms with van der Waals surface area (Å²) in [5.41, 5.74) is 8.98. The second-order valence-corrected chi connectivity index (χ2v) is 8.84. The van der Waals surface area contributed by atoms with Crippen LogP contribution in [0.25, 0.3) is 16.7 Å². The molecule has 0 saturated heterocycles. The Bertz CT molecular complexity index is 1200. The number of aromatic nitrogens is 1. The first-order valence-electron chi connectivity index (χ1n) is 10.8. The van der Waals surface area contributed by atoms with Gasteiger partial charge >= 0.3 is 6.18 Å². The summed E-state index contributed by atoms with van der Waals surface area (Å²) in [6, 6.07) is 10.3. The van der Waals surface area contributed by atoms with Gasteiger partial charge in [-0.3, -0.25) is 4.79 Å². The first-order valence-corrected chi connectivity index (χ1v) is 11.7. The lowest BCUT2D eigenvalue weighted by atomic mass is 9.95. The van der Waals surface area contributed by atoms with Crippen LogP contribution in [0.3, 0.4) is 0 Å². The second-order valence-electron chi connectivity index (χ2n) is 7.98. The van der Waals surface area contributed by atoms with Crippen LogP contribution in [0.4, 0.5) is 13.2 Å². The Kier molecular flexibility index (Phi) is 7.16. The lowest BCUT2D eigenvalue weighted by Crippen LogP contribution is -2.26. The third-order valence-corrected chi connectivity index (χ3v) is 6.62. The molecule has 0 bridgehead atoms. The molecular formula is C25H24F3N3O2S. The highest BCUT2D eigenvalue weighted by atomic mass is 32.1.